The van der Waals surface area contributed by atoms with Gasteiger partial charge in [-0.25, -0.2) is 4.98 Å². The van der Waals surface area contributed by atoms with Gasteiger partial charge in [-0.15, -0.1) is 11.3 Å². The summed E-state index contributed by atoms with van der Waals surface area (Å²) in [7, 11) is 0. The Hall–Kier alpha value is -1.95. The van der Waals surface area contributed by atoms with Crippen molar-refractivity contribution in [1.29, 1.82) is 0 Å². The molecule has 1 aliphatic heterocycles. The molecule has 1 aromatic carbocycles. The lowest BCUT2D eigenvalue weighted by atomic mass is 9.84. The fraction of sp³-hybridized carbons (Fsp3) is 0.571. The van der Waals surface area contributed by atoms with Crippen LogP contribution >= 0.6 is 11.3 Å². The van der Waals surface area contributed by atoms with Crippen LogP contribution in [0, 0.1) is 0 Å². The number of nitrogens with zero attached hydrogens (tertiary/aromatic N) is 2. The Morgan fingerprint density at radius 1 is 1.22 bits per heavy atom. The topological polar surface area (TPSA) is 62.3 Å². The lowest BCUT2D eigenvalue weighted by molar-refractivity contribution is -0.128. The maximum Gasteiger partial charge on any atom is 0.222 e. The van der Waals surface area contributed by atoms with E-state index in [2.05, 4.69) is 23.5 Å². The van der Waals surface area contributed by atoms with Gasteiger partial charge in [0, 0.05) is 37.9 Å². The molecule has 1 aromatic heterocycles. The first kappa shape index (κ1) is 18.4. The second-order valence-corrected chi connectivity index (χ2v) is 8.73. The average molecular weight is 386 g/mol. The minimum atomic E-state index is 0.111. The van der Waals surface area contributed by atoms with Crippen LogP contribution in [0.2, 0.25) is 0 Å². The summed E-state index contributed by atoms with van der Waals surface area (Å²) in [5, 5.41) is 4.43. The number of rotatable bonds is 6. The normalized spacial score (nSPS) is 23.1. The number of fused-ring (bicyclic) bond motifs is 1. The van der Waals surface area contributed by atoms with Gasteiger partial charge >= 0.3 is 0 Å². The summed E-state index contributed by atoms with van der Waals surface area (Å²) in [4.78, 5) is 30.9. The number of likely N-dealkylation sites (tertiary alicyclic amines) is 1. The van der Waals surface area contributed by atoms with Crippen molar-refractivity contribution in [3.63, 3.8) is 0 Å². The van der Waals surface area contributed by atoms with Gasteiger partial charge in [-0.3, -0.25) is 9.59 Å². The first-order chi connectivity index (χ1) is 13.2. The number of nitrogens with one attached hydrogen (secondary N) is 1. The number of benzene rings is 1. The van der Waals surface area contributed by atoms with Crippen LogP contribution < -0.4 is 5.32 Å². The molecule has 1 saturated heterocycles. The Morgan fingerprint density at radius 2 is 2.07 bits per heavy atom. The summed E-state index contributed by atoms with van der Waals surface area (Å²) in [5.41, 5.74) is 1.06. The summed E-state index contributed by atoms with van der Waals surface area (Å²) >= 11 is 1.76. The second-order valence-electron chi connectivity index (χ2n) is 7.67. The van der Waals surface area contributed by atoms with Gasteiger partial charge in [0.15, 0.2) is 0 Å². The smallest absolute Gasteiger partial charge is 0.222 e. The molecule has 2 aromatic rings. The number of carbonyl (C=O) groups excluding carboxylic acids is 2. The Kier molecular flexibility index (Phi) is 5.72. The standard InChI is InChI=1S/C21H27N3O2S/c25-19(11-5-13-24-14-6-12-20(24)26)22-16-8-2-1-7-15(16)21-23-17-9-3-4-10-18(17)27-21/h3-4,9-10,15-16H,1-2,5-8,11-14H2,(H,22,25). The lowest BCUT2D eigenvalue weighted by Gasteiger charge is -2.31. The number of amides is 2. The zero-order valence-corrected chi connectivity index (χ0v) is 16.5. The maximum absolute atomic E-state index is 12.5. The molecule has 1 saturated carbocycles. The highest BCUT2D eigenvalue weighted by atomic mass is 32.1. The second kappa shape index (κ2) is 8.38. The van der Waals surface area contributed by atoms with E-state index in [0.717, 1.165) is 49.2 Å². The van der Waals surface area contributed by atoms with Gasteiger partial charge in [0.2, 0.25) is 11.8 Å². The third-order valence-electron chi connectivity index (χ3n) is 5.74. The van der Waals surface area contributed by atoms with Gasteiger partial charge in [-0.05, 0) is 37.8 Å². The Labute approximate surface area is 164 Å². The highest BCUT2D eigenvalue weighted by Crippen LogP contribution is 2.37. The number of para-hydroxylation sites is 1. The number of hydrogen-bond acceptors (Lipinski definition) is 4. The lowest BCUT2D eigenvalue weighted by Crippen LogP contribution is -2.41. The predicted molar refractivity (Wildman–Crippen MR) is 108 cm³/mol. The highest BCUT2D eigenvalue weighted by molar-refractivity contribution is 7.18. The summed E-state index contributed by atoms with van der Waals surface area (Å²) in [6.07, 6.45) is 7.33. The molecule has 2 fully saturated rings. The van der Waals surface area contributed by atoms with Gasteiger partial charge in [-0.1, -0.05) is 25.0 Å². The van der Waals surface area contributed by atoms with Gasteiger partial charge in [0.25, 0.3) is 0 Å². The molecule has 144 valence electrons. The van der Waals surface area contributed by atoms with Crippen molar-refractivity contribution >= 4 is 33.4 Å². The predicted octanol–water partition coefficient (Wildman–Crippen LogP) is 3.84. The van der Waals surface area contributed by atoms with Crippen molar-refractivity contribution in [3.8, 4) is 0 Å². The molecule has 4 rings (SSSR count). The molecule has 0 spiro atoms. The van der Waals surface area contributed by atoms with E-state index >= 15 is 0 Å². The Bertz CT molecular complexity index is 786. The molecular formula is C21H27N3O2S. The number of carbonyl (C=O) groups is 2. The van der Waals surface area contributed by atoms with Crippen LogP contribution in [0.4, 0.5) is 0 Å². The summed E-state index contributed by atoms with van der Waals surface area (Å²) in [5.74, 6) is 0.665. The minimum absolute atomic E-state index is 0.111. The van der Waals surface area contributed by atoms with Crippen molar-refractivity contribution in [2.24, 2.45) is 0 Å². The molecule has 6 heteroatoms. The quantitative estimate of drug-likeness (QED) is 0.822. The molecule has 27 heavy (non-hydrogen) atoms. The number of aromatic nitrogens is 1. The molecule has 5 nitrogen and oxygen atoms in total. The summed E-state index contributed by atoms with van der Waals surface area (Å²) in [6, 6.07) is 8.44. The molecule has 1 aliphatic carbocycles. The van der Waals surface area contributed by atoms with E-state index in [1.165, 1.54) is 11.1 Å². The van der Waals surface area contributed by atoms with Crippen LogP contribution in [0.5, 0.6) is 0 Å². The first-order valence-electron chi connectivity index (χ1n) is 10.1. The van der Waals surface area contributed by atoms with Gasteiger partial charge in [0.05, 0.1) is 15.2 Å². The first-order valence-corrected chi connectivity index (χ1v) is 10.9. The van der Waals surface area contributed by atoms with Crippen LogP contribution in [0.1, 0.15) is 62.3 Å². The van der Waals surface area contributed by atoms with Crippen LogP contribution in [0.3, 0.4) is 0 Å². The fourth-order valence-corrected chi connectivity index (χ4v) is 5.47. The van der Waals surface area contributed by atoms with Crippen molar-refractivity contribution in [1.82, 2.24) is 15.2 Å². The number of thiazole rings is 1. The van der Waals surface area contributed by atoms with E-state index in [1.807, 2.05) is 11.0 Å². The molecule has 2 atom stereocenters. The van der Waals surface area contributed by atoms with Crippen LogP contribution in [0.25, 0.3) is 10.2 Å². The third kappa shape index (κ3) is 4.32. The third-order valence-corrected chi connectivity index (χ3v) is 6.91. The Morgan fingerprint density at radius 3 is 2.89 bits per heavy atom. The summed E-state index contributed by atoms with van der Waals surface area (Å²) < 4.78 is 1.22. The zero-order chi connectivity index (χ0) is 18.6. The SMILES string of the molecule is O=C(CCCN1CCCC1=O)NC1CCCCC1c1nc2ccccc2s1. The minimum Gasteiger partial charge on any atom is -0.353 e. The van der Waals surface area contributed by atoms with Gasteiger partial charge < -0.3 is 10.2 Å². The highest BCUT2D eigenvalue weighted by Gasteiger charge is 2.30. The van der Waals surface area contributed by atoms with E-state index in [4.69, 9.17) is 4.98 Å². The largest absolute Gasteiger partial charge is 0.353 e. The Balaban J connectivity index is 1.34. The van der Waals surface area contributed by atoms with Crippen molar-refractivity contribution in [2.45, 2.75) is 63.3 Å². The van der Waals surface area contributed by atoms with E-state index in [0.29, 0.717) is 25.3 Å². The molecule has 2 aliphatic rings. The van der Waals surface area contributed by atoms with E-state index in [9.17, 15) is 9.59 Å². The van der Waals surface area contributed by atoms with E-state index in [-0.39, 0.29) is 17.9 Å². The van der Waals surface area contributed by atoms with Gasteiger partial charge in [-0.2, -0.15) is 0 Å². The van der Waals surface area contributed by atoms with Crippen molar-refractivity contribution in [3.05, 3.63) is 29.3 Å². The molecule has 1 N–H and O–H groups in total. The number of hydrogen-bond donors (Lipinski definition) is 1. The molecule has 0 bridgehead atoms. The summed E-state index contributed by atoms with van der Waals surface area (Å²) in [6.45, 7) is 1.56. The van der Waals surface area contributed by atoms with E-state index < -0.39 is 0 Å². The zero-order valence-electron chi connectivity index (χ0n) is 15.7. The monoisotopic (exact) mass is 385 g/mol. The van der Waals surface area contributed by atoms with Crippen LogP contribution in [0.15, 0.2) is 24.3 Å². The molecule has 2 amide bonds. The van der Waals surface area contributed by atoms with Crippen molar-refractivity contribution in [2.75, 3.05) is 13.1 Å². The van der Waals surface area contributed by atoms with Crippen LogP contribution in [-0.4, -0.2) is 40.8 Å². The molecular weight excluding hydrogens is 358 g/mol. The fourth-order valence-electron chi connectivity index (χ4n) is 4.30. The molecule has 0 radical (unpaired) electrons. The molecule has 2 heterocycles. The van der Waals surface area contributed by atoms with Crippen molar-refractivity contribution < 1.29 is 9.59 Å². The van der Waals surface area contributed by atoms with Crippen LogP contribution in [-0.2, 0) is 9.59 Å². The maximum atomic E-state index is 12.5. The van der Waals surface area contributed by atoms with E-state index in [1.54, 1.807) is 11.3 Å². The average Bonchev–Trinajstić information content (AvgIpc) is 3.28. The molecule has 2 unspecified atom stereocenters. The van der Waals surface area contributed by atoms with Gasteiger partial charge in [0.1, 0.15) is 0 Å².